The van der Waals surface area contributed by atoms with Gasteiger partial charge in [-0.3, -0.25) is 9.89 Å². The van der Waals surface area contributed by atoms with Crippen LogP contribution in [0.5, 0.6) is 0 Å². The van der Waals surface area contributed by atoms with E-state index in [4.69, 9.17) is 4.74 Å². The van der Waals surface area contributed by atoms with E-state index >= 15 is 0 Å². The van der Waals surface area contributed by atoms with Crippen LogP contribution in [-0.2, 0) is 9.53 Å². The van der Waals surface area contributed by atoms with Crippen molar-refractivity contribution in [2.75, 3.05) is 13.1 Å². The number of hydrogen-bond donors (Lipinski definition) is 1. The molecule has 23 heavy (non-hydrogen) atoms. The van der Waals surface area contributed by atoms with Crippen LogP contribution >= 0.6 is 0 Å². The van der Waals surface area contributed by atoms with E-state index in [1.807, 2.05) is 18.2 Å². The lowest BCUT2D eigenvalue weighted by molar-refractivity contribution is -0.141. The van der Waals surface area contributed by atoms with Gasteiger partial charge in [0.15, 0.2) is 11.8 Å². The number of hydrogen-bond acceptors (Lipinski definition) is 4. The summed E-state index contributed by atoms with van der Waals surface area (Å²) in [7, 11) is 0. The highest BCUT2D eigenvalue weighted by atomic mass is 16.5. The molecule has 1 aliphatic heterocycles. The first-order chi connectivity index (χ1) is 11.1. The highest BCUT2D eigenvalue weighted by Gasteiger charge is 2.28. The second-order valence-corrected chi connectivity index (χ2v) is 6.17. The average Bonchev–Trinajstić information content (AvgIpc) is 2.99. The van der Waals surface area contributed by atoms with Gasteiger partial charge in [0, 0.05) is 18.5 Å². The van der Waals surface area contributed by atoms with Gasteiger partial charge < -0.3 is 9.64 Å². The number of esters is 1. The number of fused-ring (bicyclic) bond motifs is 1. The zero-order valence-electron chi connectivity index (χ0n) is 13.4. The molecule has 0 aliphatic carbocycles. The van der Waals surface area contributed by atoms with Crippen LogP contribution in [0.1, 0.15) is 37.2 Å². The van der Waals surface area contributed by atoms with E-state index in [1.54, 1.807) is 17.9 Å². The molecule has 3 rings (SSSR count). The number of likely N-dealkylation sites (tertiary alicyclic amines) is 1. The van der Waals surface area contributed by atoms with E-state index in [2.05, 4.69) is 17.1 Å². The summed E-state index contributed by atoms with van der Waals surface area (Å²) in [5, 5.41) is 7.50. The molecule has 0 saturated carbocycles. The predicted octanol–water partition coefficient (Wildman–Crippen LogP) is 2.37. The van der Waals surface area contributed by atoms with E-state index in [-0.39, 0.29) is 11.6 Å². The van der Waals surface area contributed by atoms with Gasteiger partial charge in [0.05, 0.1) is 5.52 Å². The fraction of sp³-hybridized carbons (Fsp3) is 0.471. The van der Waals surface area contributed by atoms with Crippen molar-refractivity contribution in [3.05, 3.63) is 30.0 Å². The number of aromatic nitrogens is 2. The van der Waals surface area contributed by atoms with Crippen LogP contribution in [0.3, 0.4) is 0 Å². The summed E-state index contributed by atoms with van der Waals surface area (Å²) < 4.78 is 5.33. The summed E-state index contributed by atoms with van der Waals surface area (Å²) >= 11 is 0. The fourth-order valence-corrected chi connectivity index (χ4v) is 2.87. The monoisotopic (exact) mass is 315 g/mol. The normalized spacial score (nSPS) is 17.2. The molecule has 1 saturated heterocycles. The lowest BCUT2D eigenvalue weighted by Crippen LogP contribution is -2.44. The van der Waals surface area contributed by atoms with E-state index in [0.717, 1.165) is 31.4 Å². The minimum atomic E-state index is -0.800. The summed E-state index contributed by atoms with van der Waals surface area (Å²) in [6.07, 6.45) is 1.19. The number of nitrogens with one attached hydrogen (secondary N) is 1. The molecule has 0 spiro atoms. The van der Waals surface area contributed by atoms with Gasteiger partial charge in [-0.25, -0.2) is 4.79 Å². The summed E-state index contributed by atoms with van der Waals surface area (Å²) in [6, 6.07) is 7.33. The van der Waals surface area contributed by atoms with Gasteiger partial charge in [0.25, 0.3) is 5.91 Å². The zero-order valence-corrected chi connectivity index (χ0v) is 13.4. The molecule has 122 valence electrons. The van der Waals surface area contributed by atoms with Crippen molar-refractivity contribution in [3.8, 4) is 0 Å². The average molecular weight is 315 g/mol. The Morgan fingerprint density at radius 3 is 2.74 bits per heavy atom. The molecule has 1 aromatic heterocycles. The van der Waals surface area contributed by atoms with Crippen molar-refractivity contribution in [2.24, 2.45) is 5.92 Å². The van der Waals surface area contributed by atoms with Crippen molar-refractivity contribution in [1.29, 1.82) is 0 Å². The van der Waals surface area contributed by atoms with Crippen molar-refractivity contribution in [2.45, 2.75) is 32.8 Å². The maximum Gasteiger partial charge on any atom is 0.360 e. The Hall–Kier alpha value is -2.37. The molecular weight excluding hydrogens is 294 g/mol. The second-order valence-electron chi connectivity index (χ2n) is 6.17. The van der Waals surface area contributed by atoms with Gasteiger partial charge in [-0.1, -0.05) is 25.1 Å². The molecule has 6 heteroatoms. The number of carbonyl (C=O) groups excluding carboxylic acids is 2. The molecule has 2 aromatic rings. The first-order valence-corrected chi connectivity index (χ1v) is 7.99. The van der Waals surface area contributed by atoms with E-state index in [1.165, 1.54) is 0 Å². The fourth-order valence-electron chi connectivity index (χ4n) is 2.87. The number of ether oxygens (including phenoxy) is 1. The van der Waals surface area contributed by atoms with Crippen LogP contribution in [0.25, 0.3) is 10.9 Å². The van der Waals surface area contributed by atoms with Gasteiger partial charge in [-0.2, -0.15) is 5.10 Å². The number of para-hydroxylation sites is 1. The van der Waals surface area contributed by atoms with Crippen LogP contribution in [0.2, 0.25) is 0 Å². The Bertz CT molecular complexity index is 717. The molecule has 1 atom stereocenters. The molecule has 1 amide bonds. The topological polar surface area (TPSA) is 75.3 Å². The molecular formula is C17H21N3O3. The molecule has 1 aromatic carbocycles. The Balaban J connectivity index is 1.66. The van der Waals surface area contributed by atoms with Crippen LogP contribution < -0.4 is 0 Å². The number of amides is 1. The largest absolute Gasteiger partial charge is 0.448 e. The molecule has 2 heterocycles. The standard InChI is InChI=1S/C17H21N3O3/c1-11-7-9-20(10-8-11)16(21)12(2)23-17(22)15-13-5-3-4-6-14(13)18-19-15/h3-6,11-12H,7-10H2,1-2H3,(H,18,19). The maximum absolute atomic E-state index is 12.4. The van der Waals surface area contributed by atoms with Gasteiger partial charge in [0.1, 0.15) is 0 Å². The van der Waals surface area contributed by atoms with E-state index in [9.17, 15) is 9.59 Å². The molecule has 1 aliphatic rings. The number of carbonyl (C=O) groups is 2. The predicted molar refractivity (Wildman–Crippen MR) is 85.9 cm³/mol. The number of rotatable bonds is 3. The van der Waals surface area contributed by atoms with Gasteiger partial charge in [0.2, 0.25) is 0 Å². The summed E-state index contributed by atoms with van der Waals surface area (Å²) in [5.74, 6) is -0.0638. The van der Waals surface area contributed by atoms with Crippen molar-refractivity contribution >= 4 is 22.8 Å². The Labute approximate surface area is 134 Å². The summed E-state index contributed by atoms with van der Waals surface area (Å²) in [6.45, 7) is 5.27. The minimum absolute atomic E-state index is 0.134. The number of benzene rings is 1. The van der Waals surface area contributed by atoms with Crippen LogP contribution in [0, 0.1) is 5.92 Å². The smallest absolute Gasteiger partial charge is 0.360 e. The van der Waals surface area contributed by atoms with Crippen molar-refractivity contribution in [3.63, 3.8) is 0 Å². The number of aromatic amines is 1. The third-order valence-electron chi connectivity index (χ3n) is 4.39. The summed E-state index contributed by atoms with van der Waals surface area (Å²) in [4.78, 5) is 26.5. The zero-order chi connectivity index (χ0) is 16.4. The first-order valence-electron chi connectivity index (χ1n) is 7.99. The highest BCUT2D eigenvalue weighted by Crippen LogP contribution is 2.19. The molecule has 1 N–H and O–H groups in total. The minimum Gasteiger partial charge on any atom is -0.448 e. The van der Waals surface area contributed by atoms with Crippen LogP contribution in [0.4, 0.5) is 0 Å². The molecule has 1 unspecified atom stereocenters. The second kappa shape index (κ2) is 6.40. The molecule has 1 fully saturated rings. The van der Waals surface area contributed by atoms with Gasteiger partial charge >= 0.3 is 5.97 Å². The van der Waals surface area contributed by atoms with Gasteiger partial charge in [-0.05, 0) is 31.7 Å². The molecule has 0 bridgehead atoms. The molecule has 0 radical (unpaired) electrons. The number of H-pyrrole nitrogens is 1. The first kappa shape index (κ1) is 15.5. The van der Waals surface area contributed by atoms with Crippen molar-refractivity contribution < 1.29 is 14.3 Å². The van der Waals surface area contributed by atoms with Crippen molar-refractivity contribution in [1.82, 2.24) is 15.1 Å². The Kier molecular flexibility index (Phi) is 4.32. The Morgan fingerprint density at radius 1 is 1.30 bits per heavy atom. The van der Waals surface area contributed by atoms with E-state index in [0.29, 0.717) is 11.3 Å². The third-order valence-corrected chi connectivity index (χ3v) is 4.39. The SMILES string of the molecule is CC1CCN(C(=O)C(C)OC(=O)c2n[nH]c3ccccc23)CC1. The maximum atomic E-state index is 12.4. The van der Waals surface area contributed by atoms with Gasteiger partial charge in [-0.15, -0.1) is 0 Å². The van der Waals surface area contributed by atoms with Crippen LogP contribution in [-0.4, -0.2) is 46.2 Å². The Morgan fingerprint density at radius 2 is 2.00 bits per heavy atom. The third kappa shape index (κ3) is 3.21. The molecule has 6 nitrogen and oxygen atoms in total. The van der Waals surface area contributed by atoms with E-state index < -0.39 is 12.1 Å². The lowest BCUT2D eigenvalue weighted by Gasteiger charge is -2.31. The number of nitrogens with zero attached hydrogens (tertiary/aromatic N) is 2. The lowest BCUT2D eigenvalue weighted by atomic mass is 9.99. The summed E-state index contributed by atoms with van der Waals surface area (Å²) in [5.41, 5.74) is 0.982. The highest BCUT2D eigenvalue weighted by molar-refractivity contribution is 6.02. The number of piperidine rings is 1. The van der Waals surface area contributed by atoms with Crippen LogP contribution in [0.15, 0.2) is 24.3 Å². The quantitative estimate of drug-likeness (QED) is 0.882.